The van der Waals surface area contributed by atoms with Crippen LogP contribution in [0, 0.1) is 11.6 Å². The molecule has 1 aromatic heterocycles. The summed E-state index contributed by atoms with van der Waals surface area (Å²) in [5, 5.41) is 0. The Morgan fingerprint density at radius 1 is 1.17 bits per heavy atom. The molecule has 1 aliphatic heterocycles. The van der Waals surface area contributed by atoms with Crippen molar-refractivity contribution >= 4 is 17.0 Å². The molecule has 1 fully saturated rings. The Hall–Kier alpha value is -2.76. The first-order valence-electron chi connectivity index (χ1n) is 10.7. The maximum atomic E-state index is 14.1. The lowest BCUT2D eigenvalue weighted by atomic mass is 10.0. The molecule has 0 N–H and O–H groups in total. The van der Waals surface area contributed by atoms with Gasteiger partial charge in [0, 0.05) is 24.6 Å². The molecule has 158 valence electrons. The molecule has 0 spiro atoms. The van der Waals surface area contributed by atoms with Crippen LogP contribution in [0.1, 0.15) is 63.8 Å². The standard InChI is InChI=1S/C24H26F2N2O2/c1-2-3-4-5-8-23(29)28-13-6-7-21(28)24-27-20-14-16(9-12-22(20)30-24)18-11-10-17(25)15-19(18)26/h9-12,14-15,21H,2-8,13H2,1H3. The Morgan fingerprint density at radius 2 is 2.03 bits per heavy atom. The average Bonchev–Trinajstić information content (AvgIpc) is 3.37. The molecule has 1 atom stereocenters. The predicted molar refractivity (Wildman–Crippen MR) is 112 cm³/mol. The molecule has 1 saturated heterocycles. The fraction of sp³-hybridized carbons (Fsp3) is 0.417. The van der Waals surface area contributed by atoms with Gasteiger partial charge in [-0.1, -0.05) is 32.3 Å². The Balaban J connectivity index is 1.55. The van der Waals surface area contributed by atoms with Crippen LogP contribution in [0.3, 0.4) is 0 Å². The lowest BCUT2D eigenvalue weighted by Gasteiger charge is -2.22. The van der Waals surface area contributed by atoms with Crippen molar-refractivity contribution in [1.29, 1.82) is 0 Å². The molecular formula is C24H26F2N2O2. The minimum atomic E-state index is -0.617. The molecule has 0 radical (unpaired) electrons. The van der Waals surface area contributed by atoms with Crippen molar-refractivity contribution in [2.75, 3.05) is 6.54 Å². The van der Waals surface area contributed by atoms with E-state index in [9.17, 15) is 13.6 Å². The largest absolute Gasteiger partial charge is 0.438 e. The number of benzene rings is 2. The lowest BCUT2D eigenvalue weighted by Crippen LogP contribution is -2.30. The summed E-state index contributed by atoms with van der Waals surface area (Å²) in [6, 6.07) is 8.60. The molecule has 1 amide bonds. The van der Waals surface area contributed by atoms with Crippen LogP contribution in [0.5, 0.6) is 0 Å². The quantitative estimate of drug-likeness (QED) is 0.422. The monoisotopic (exact) mass is 412 g/mol. The van der Waals surface area contributed by atoms with E-state index in [4.69, 9.17) is 4.42 Å². The van der Waals surface area contributed by atoms with Gasteiger partial charge < -0.3 is 9.32 Å². The summed E-state index contributed by atoms with van der Waals surface area (Å²) >= 11 is 0. The highest BCUT2D eigenvalue weighted by atomic mass is 19.1. The fourth-order valence-corrected chi connectivity index (χ4v) is 4.15. The number of rotatable bonds is 7. The number of halogens is 2. The van der Waals surface area contributed by atoms with Crippen molar-refractivity contribution in [3.8, 4) is 11.1 Å². The summed E-state index contributed by atoms with van der Waals surface area (Å²) in [6.45, 7) is 2.88. The Bertz CT molecular complexity index is 1050. The number of carbonyl (C=O) groups is 1. The van der Waals surface area contributed by atoms with E-state index in [0.29, 0.717) is 34.5 Å². The molecule has 4 nitrogen and oxygen atoms in total. The van der Waals surface area contributed by atoms with Gasteiger partial charge >= 0.3 is 0 Å². The molecule has 1 aliphatic rings. The lowest BCUT2D eigenvalue weighted by molar-refractivity contribution is -0.132. The fourth-order valence-electron chi connectivity index (χ4n) is 4.15. The number of aromatic nitrogens is 1. The Kier molecular flexibility index (Phi) is 6.11. The van der Waals surface area contributed by atoms with Crippen LogP contribution in [0.15, 0.2) is 40.8 Å². The van der Waals surface area contributed by atoms with Gasteiger partial charge in [0.1, 0.15) is 23.2 Å². The maximum Gasteiger partial charge on any atom is 0.223 e. The third kappa shape index (κ3) is 4.23. The highest BCUT2D eigenvalue weighted by Crippen LogP contribution is 2.35. The van der Waals surface area contributed by atoms with Gasteiger partial charge in [-0.05, 0) is 49.1 Å². The van der Waals surface area contributed by atoms with Crippen molar-refractivity contribution in [2.45, 2.75) is 57.9 Å². The first kappa shape index (κ1) is 20.5. The van der Waals surface area contributed by atoms with Crippen LogP contribution in [0.4, 0.5) is 8.78 Å². The van der Waals surface area contributed by atoms with Crippen LogP contribution in [0.25, 0.3) is 22.2 Å². The third-order valence-electron chi connectivity index (χ3n) is 5.75. The first-order valence-corrected chi connectivity index (χ1v) is 10.7. The van der Waals surface area contributed by atoms with Gasteiger partial charge in [0.2, 0.25) is 11.8 Å². The predicted octanol–water partition coefficient (Wildman–Crippen LogP) is 6.41. The topological polar surface area (TPSA) is 46.3 Å². The molecular weight excluding hydrogens is 386 g/mol. The van der Waals surface area contributed by atoms with Crippen molar-refractivity contribution in [3.63, 3.8) is 0 Å². The van der Waals surface area contributed by atoms with Crippen LogP contribution in [-0.4, -0.2) is 22.3 Å². The molecule has 0 saturated carbocycles. The van der Waals surface area contributed by atoms with Gasteiger partial charge in [0.25, 0.3) is 0 Å². The smallest absolute Gasteiger partial charge is 0.223 e. The van der Waals surface area contributed by atoms with E-state index in [2.05, 4.69) is 11.9 Å². The molecule has 3 aromatic rings. The zero-order valence-electron chi connectivity index (χ0n) is 17.2. The number of carbonyl (C=O) groups excluding carboxylic acids is 1. The van der Waals surface area contributed by atoms with E-state index in [1.165, 1.54) is 12.1 Å². The second-order valence-corrected chi connectivity index (χ2v) is 7.91. The summed E-state index contributed by atoms with van der Waals surface area (Å²) in [7, 11) is 0. The van der Waals surface area contributed by atoms with E-state index in [1.54, 1.807) is 18.2 Å². The summed E-state index contributed by atoms with van der Waals surface area (Å²) in [5.74, 6) is -0.540. The zero-order valence-corrected chi connectivity index (χ0v) is 17.2. The number of amides is 1. The second-order valence-electron chi connectivity index (χ2n) is 7.91. The summed E-state index contributed by atoms with van der Waals surface area (Å²) < 4.78 is 33.3. The number of hydrogen-bond donors (Lipinski definition) is 0. The zero-order chi connectivity index (χ0) is 21.1. The average molecular weight is 412 g/mol. The molecule has 6 heteroatoms. The summed E-state index contributed by atoms with van der Waals surface area (Å²) in [4.78, 5) is 19.2. The normalized spacial score (nSPS) is 16.5. The molecule has 4 rings (SSSR count). The Morgan fingerprint density at radius 3 is 2.83 bits per heavy atom. The minimum Gasteiger partial charge on any atom is -0.438 e. The number of unbranched alkanes of at least 4 members (excludes halogenated alkanes) is 3. The van der Waals surface area contributed by atoms with Crippen LogP contribution in [0.2, 0.25) is 0 Å². The third-order valence-corrected chi connectivity index (χ3v) is 5.75. The van der Waals surface area contributed by atoms with Gasteiger partial charge in [0.05, 0.1) is 0 Å². The maximum absolute atomic E-state index is 14.1. The molecule has 30 heavy (non-hydrogen) atoms. The van der Waals surface area contributed by atoms with Crippen LogP contribution < -0.4 is 0 Å². The SMILES string of the molecule is CCCCCCC(=O)N1CCCC1c1nc2cc(-c3ccc(F)cc3F)ccc2o1. The van der Waals surface area contributed by atoms with Crippen LogP contribution in [-0.2, 0) is 4.79 Å². The van der Waals surface area contributed by atoms with Crippen molar-refractivity contribution in [3.05, 3.63) is 53.9 Å². The van der Waals surface area contributed by atoms with Crippen molar-refractivity contribution in [2.24, 2.45) is 0 Å². The Labute approximate surface area is 174 Å². The second kappa shape index (κ2) is 8.94. The van der Waals surface area contributed by atoms with Gasteiger partial charge in [-0.15, -0.1) is 0 Å². The van der Waals surface area contributed by atoms with Crippen molar-refractivity contribution in [1.82, 2.24) is 9.88 Å². The molecule has 0 bridgehead atoms. The van der Waals surface area contributed by atoms with E-state index >= 15 is 0 Å². The number of nitrogens with zero attached hydrogens (tertiary/aromatic N) is 2. The number of fused-ring (bicyclic) bond motifs is 1. The van der Waals surface area contributed by atoms with E-state index < -0.39 is 11.6 Å². The highest BCUT2D eigenvalue weighted by molar-refractivity contribution is 5.81. The van der Waals surface area contributed by atoms with E-state index in [-0.39, 0.29) is 11.9 Å². The molecule has 2 aromatic carbocycles. The van der Waals surface area contributed by atoms with Gasteiger partial charge in [-0.3, -0.25) is 4.79 Å². The van der Waals surface area contributed by atoms with Gasteiger partial charge in [-0.2, -0.15) is 0 Å². The number of likely N-dealkylation sites (tertiary alicyclic amines) is 1. The molecule has 2 heterocycles. The summed E-state index contributed by atoms with van der Waals surface area (Å²) in [5.41, 5.74) is 2.12. The van der Waals surface area contributed by atoms with Gasteiger partial charge in [0.15, 0.2) is 5.58 Å². The van der Waals surface area contributed by atoms with Crippen molar-refractivity contribution < 1.29 is 18.0 Å². The molecule has 0 aliphatic carbocycles. The van der Waals surface area contributed by atoms with Gasteiger partial charge in [-0.25, -0.2) is 13.8 Å². The number of hydrogen-bond acceptors (Lipinski definition) is 3. The van der Waals surface area contributed by atoms with E-state index in [0.717, 1.165) is 51.1 Å². The first-order chi connectivity index (χ1) is 14.6. The number of oxazole rings is 1. The van der Waals surface area contributed by atoms with Crippen LogP contribution >= 0.6 is 0 Å². The van der Waals surface area contributed by atoms with E-state index in [1.807, 2.05) is 4.90 Å². The highest BCUT2D eigenvalue weighted by Gasteiger charge is 2.33. The summed E-state index contributed by atoms with van der Waals surface area (Å²) in [6.07, 6.45) is 6.60. The minimum absolute atomic E-state index is 0.151. The molecule has 1 unspecified atom stereocenters.